The van der Waals surface area contributed by atoms with E-state index in [0.717, 1.165) is 12.1 Å². The van der Waals surface area contributed by atoms with Gasteiger partial charge in [0.1, 0.15) is 5.69 Å². The summed E-state index contributed by atoms with van der Waals surface area (Å²) in [5, 5.41) is 8.82. The number of carbonyl (C=O) groups is 2. The van der Waals surface area contributed by atoms with Crippen LogP contribution in [0.2, 0.25) is 0 Å². The Kier molecular flexibility index (Phi) is 6.76. The second-order valence-electron chi connectivity index (χ2n) is 5.19. The van der Waals surface area contributed by atoms with Crippen molar-refractivity contribution in [3.05, 3.63) is 59.9 Å². The number of benzene rings is 1. The predicted octanol–water partition coefficient (Wildman–Crippen LogP) is 2.06. The summed E-state index contributed by atoms with van der Waals surface area (Å²) in [7, 11) is 0. The molecule has 0 aliphatic carbocycles. The molecule has 0 unspecified atom stereocenters. The number of hydrogen-bond acceptors (Lipinski definition) is 4. The first-order chi connectivity index (χ1) is 11.7. The van der Waals surface area contributed by atoms with Crippen LogP contribution in [0.4, 0.5) is 5.69 Å². The fourth-order valence-electron chi connectivity index (χ4n) is 2.13. The highest BCUT2D eigenvalue weighted by Gasteiger charge is 2.06. The Morgan fingerprint density at radius 1 is 1.00 bits per heavy atom. The third kappa shape index (κ3) is 5.39. The summed E-state index contributed by atoms with van der Waals surface area (Å²) >= 11 is 0. The number of hydrogen-bond donors (Lipinski definition) is 3. The molecule has 0 aliphatic heterocycles. The Morgan fingerprint density at radius 2 is 1.79 bits per heavy atom. The van der Waals surface area contributed by atoms with Crippen LogP contribution < -0.4 is 16.0 Å². The van der Waals surface area contributed by atoms with Crippen molar-refractivity contribution in [2.24, 2.45) is 0 Å². The lowest BCUT2D eigenvalue weighted by molar-refractivity contribution is 0.0944. The summed E-state index contributed by atoms with van der Waals surface area (Å²) < 4.78 is 0. The monoisotopic (exact) mass is 326 g/mol. The molecule has 24 heavy (non-hydrogen) atoms. The third-order valence-electron chi connectivity index (χ3n) is 3.33. The molecule has 126 valence electrons. The first-order valence-corrected chi connectivity index (χ1v) is 8.02. The number of rotatable bonds is 8. The van der Waals surface area contributed by atoms with E-state index < -0.39 is 0 Å². The molecule has 1 aromatic carbocycles. The number of aromatic nitrogens is 1. The van der Waals surface area contributed by atoms with Gasteiger partial charge in [-0.2, -0.15) is 0 Å². The van der Waals surface area contributed by atoms with Gasteiger partial charge in [-0.15, -0.1) is 0 Å². The van der Waals surface area contributed by atoms with Crippen molar-refractivity contribution in [1.82, 2.24) is 15.6 Å². The molecule has 3 N–H and O–H groups in total. The average Bonchev–Trinajstić information content (AvgIpc) is 2.62. The van der Waals surface area contributed by atoms with Gasteiger partial charge in [0.2, 0.25) is 0 Å². The average molecular weight is 326 g/mol. The van der Waals surface area contributed by atoms with Crippen LogP contribution in [0.1, 0.15) is 34.2 Å². The quantitative estimate of drug-likeness (QED) is 0.649. The number of carbonyl (C=O) groups excluding carboxylic acids is 2. The number of nitrogens with one attached hydrogen (secondary N) is 3. The molecule has 2 aromatic rings. The molecule has 0 atom stereocenters. The lowest BCUT2D eigenvalue weighted by atomic mass is 10.2. The van der Waals surface area contributed by atoms with Crippen LogP contribution in [-0.2, 0) is 0 Å². The fraction of sp³-hybridized carbons (Fsp3) is 0.278. The van der Waals surface area contributed by atoms with Gasteiger partial charge in [-0.1, -0.05) is 18.2 Å². The van der Waals surface area contributed by atoms with Crippen molar-refractivity contribution in [2.75, 3.05) is 25.0 Å². The van der Waals surface area contributed by atoms with Crippen molar-refractivity contribution in [3.63, 3.8) is 0 Å². The summed E-state index contributed by atoms with van der Waals surface area (Å²) in [5.41, 5.74) is 1.88. The largest absolute Gasteiger partial charge is 0.385 e. The van der Waals surface area contributed by atoms with Gasteiger partial charge >= 0.3 is 0 Å². The minimum atomic E-state index is -0.184. The number of nitrogens with zero attached hydrogens (tertiary/aromatic N) is 1. The van der Waals surface area contributed by atoms with E-state index in [9.17, 15) is 9.59 Å². The van der Waals surface area contributed by atoms with Crippen molar-refractivity contribution in [3.8, 4) is 0 Å². The predicted molar refractivity (Wildman–Crippen MR) is 94.1 cm³/mol. The highest BCUT2D eigenvalue weighted by molar-refractivity contribution is 5.94. The van der Waals surface area contributed by atoms with E-state index in [1.54, 1.807) is 24.4 Å². The Morgan fingerprint density at radius 3 is 2.54 bits per heavy atom. The first kappa shape index (κ1) is 17.5. The fourth-order valence-corrected chi connectivity index (χ4v) is 2.13. The van der Waals surface area contributed by atoms with Gasteiger partial charge in [0.05, 0.1) is 0 Å². The van der Waals surface area contributed by atoms with Gasteiger partial charge in [0.15, 0.2) is 0 Å². The topological polar surface area (TPSA) is 83.1 Å². The molecule has 2 rings (SSSR count). The van der Waals surface area contributed by atoms with Gasteiger partial charge in [0, 0.05) is 37.1 Å². The molecule has 1 aromatic heterocycles. The molecule has 6 nitrogen and oxygen atoms in total. The zero-order chi connectivity index (χ0) is 17.2. The lowest BCUT2D eigenvalue weighted by Gasteiger charge is -2.09. The third-order valence-corrected chi connectivity index (χ3v) is 3.33. The molecule has 0 bridgehead atoms. The molecule has 0 saturated carbocycles. The molecule has 6 heteroatoms. The van der Waals surface area contributed by atoms with Gasteiger partial charge in [0.25, 0.3) is 11.8 Å². The van der Waals surface area contributed by atoms with E-state index in [1.165, 1.54) is 0 Å². The molecule has 1 heterocycles. The lowest BCUT2D eigenvalue weighted by Crippen LogP contribution is -2.26. The van der Waals surface area contributed by atoms with Gasteiger partial charge in [-0.25, -0.2) is 0 Å². The van der Waals surface area contributed by atoms with Crippen LogP contribution in [0.5, 0.6) is 0 Å². The highest BCUT2D eigenvalue weighted by atomic mass is 16.2. The first-order valence-electron chi connectivity index (χ1n) is 8.02. The summed E-state index contributed by atoms with van der Waals surface area (Å²) in [6.07, 6.45) is 2.38. The van der Waals surface area contributed by atoms with Crippen LogP contribution in [0.25, 0.3) is 0 Å². The minimum absolute atomic E-state index is 0.0713. The van der Waals surface area contributed by atoms with Crippen LogP contribution in [0.15, 0.2) is 48.7 Å². The van der Waals surface area contributed by atoms with Gasteiger partial charge in [-0.05, 0) is 37.6 Å². The van der Waals surface area contributed by atoms with E-state index in [2.05, 4.69) is 20.9 Å². The minimum Gasteiger partial charge on any atom is -0.385 e. The van der Waals surface area contributed by atoms with E-state index in [0.29, 0.717) is 30.9 Å². The van der Waals surface area contributed by atoms with E-state index in [1.807, 2.05) is 31.2 Å². The Labute approximate surface area is 141 Å². The van der Waals surface area contributed by atoms with Gasteiger partial charge in [-0.3, -0.25) is 14.6 Å². The molecule has 0 aliphatic rings. The standard InChI is InChI=1S/C18H22N4O2/c1-2-19-18(24)16-13-15(9-12-21-16)20-10-6-11-22-17(23)14-7-4-3-5-8-14/h3-5,7-9,12-13H,2,6,10-11H2,1H3,(H,19,24)(H,20,21)(H,22,23). The Bertz CT molecular complexity index is 674. The highest BCUT2D eigenvalue weighted by Crippen LogP contribution is 2.07. The van der Waals surface area contributed by atoms with Crippen molar-refractivity contribution >= 4 is 17.5 Å². The number of pyridine rings is 1. The summed E-state index contributed by atoms with van der Waals surface area (Å²) in [6, 6.07) is 12.7. The second-order valence-corrected chi connectivity index (χ2v) is 5.19. The van der Waals surface area contributed by atoms with Crippen LogP contribution in [-0.4, -0.2) is 36.4 Å². The van der Waals surface area contributed by atoms with Crippen LogP contribution in [0, 0.1) is 0 Å². The molecule has 0 fully saturated rings. The van der Waals surface area contributed by atoms with E-state index in [4.69, 9.17) is 0 Å². The van der Waals surface area contributed by atoms with Crippen molar-refractivity contribution in [1.29, 1.82) is 0 Å². The zero-order valence-electron chi connectivity index (χ0n) is 13.7. The molecular formula is C18H22N4O2. The molecular weight excluding hydrogens is 304 g/mol. The Balaban J connectivity index is 1.72. The Hall–Kier alpha value is -2.89. The van der Waals surface area contributed by atoms with Crippen LogP contribution in [0.3, 0.4) is 0 Å². The maximum Gasteiger partial charge on any atom is 0.269 e. The summed E-state index contributed by atoms with van der Waals surface area (Å²) in [5.74, 6) is -0.255. The van der Waals surface area contributed by atoms with Crippen LogP contribution >= 0.6 is 0 Å². The van der Waals surface area contributed by atoms with Gasteiger partial charge < -0.3 is 16.0 Å². The second kappa shape index (κ2) is 9.29. The maximum atomic E-state index is 11.9. The smallest absolute Gasteiger partial charge is 0.269 e. The SMILES string of the molecule is CCNC(=O)c1cc(NCCCNC(=O)c2ccccc2)ccn1. The summed E-state index contributed by atoms with van der Waals surface area (Å²) in [4.78, 5) is 27.7. The molecule has 2 amide bonds. The normalized spacial score (nSPS) is 10.0. The van der Waals surface area contributed by atoms with Crippen molar-refractivity contribution < 1.29 is 9.59 Å². The maximum absolute atomic E-state index is 11.9. The molecule has 0 saturated heterocycles. The molecule has 0 spiro atoms. The number of anilines is 1. The zero-order valence-corrected chi connectivity index (χ0v) is 13.7. The van der Waals surface area contributed by atoms with Crippen molar-refractivity contribution in [2.45, 2.75) is 13.3 Å². The summed E-state index contributed by atoms with van der Waals surface area (Å²) in [6.45, 7) is 3.70. The van der Waals surface area contributed by atoms with E-state index >= 15 is 0 Å². The molecule has 0 radical (unpaired) electrons. The number of amides is 2. The van der Waals surface area contributed by atoms with E-state index in [-0.39, 0.29) is 11.8 Å².